The molecule has 0 saturated heterocycles. The summed E-state index contributed by atoms with van der Waals surface area (Å²) in [4.78, 5) is 16.7. The molecule has 7 heteroatoms. The summed E-state index contributed by atoms with van der Waals surface area (Å²) in [5.41, 5.74) is 4.47. The molecule has 0 aliphatic heterocycles. The number of amides is 1. The lowest BCUT2D eigenvalue weighted by Crippen LogP contribution is -2.13. The van der Waals surface area contributed by atoms with E-state index in [1.165, 1.54) is 11.3 Å². The highest BCUT2D eigenvalue weighted by Gasteiger charge is 2.16. The number of nitrogens with one attached hydrogen (secondary N) is 1. The molecule has 29 heavy (non-hydrogen) atoms. The van der Waals surface area contributed by atoms with Crippen LogP contribution in [0.25, 0.3) is 11.8 Å². The van der Waals surface area contributed by atoms with Crippen molar-refractivity contribution in [3.8, 4) is 17.5 Å². The number of thiazole rings is 1. The quantitative estimate of drug-likeness (QED) is 0.471. The predicted molar refractivity (Wildman–Crippen MR) is 115 cm³/mol. The molecule has 0 atom stereocenters. The zero-order valence-electron chi connectivity index (χ0n) is 16.8. The molecular weight excluding hydrogens is 384 g/mol. The highest BCUT2D eigenvalue weighted by molar-refractivity contribution is 7.13. The van der Waals surface area contributed by atoms with Gasteiger partial charge in [0.05, 0.1) is 18.0 Å². The minimum absolute atomic E-state index is 0.0243. The lowest BCUT2D eigenvalue weighted by atomic mass is 10.1. The van der Waals surface area contributed by atoms with E-state index in [-0.39, 0.29) is 5.57 Å². The summed E-state index contributed by atoms with van der Waals surface area (Å²) in [6.45, 7) is 8.30. The summed E-state index contributed by atoms with van der Waals surface area (Å²) < 4.78 is 7.82. The molecule has 3 rings (SSSR count). The van der Waals surface area contributed by atoms with E-state index in [1.807, 2.05) is 69.5 Å². The molecule has 0 aliphatic carbocycles. The van der Waals surface area contributed by atoms with Crippen molar-refractivity contribution in [3.05, 3.63) is 63.9 Å². The first-order chi connectivity index (χ1) is 13.9. The van der Waals surface area contributed by atoms with Crippen molar-refractivity contribution < 1.29 is 9.53 Å². The standard InChI is InChI=1S/C22H22N4O2S/c1-5-28-20-9-7-6-8-19(20)26-15(3)10-17(16(26)4)11-18(12-23)21(27)25-22-24-14(2)13-29-22/h6-11,13H,5H2,1-4H3,(H,24,25,27)/b18-11-. The molecule has 2 heterocycles. The number of hydrogen-bond acceptors (Lipinski definition) is 5. The Balaban J connectivity index is 1.97. The maximum absolute atomic E-state index is 12.5. The van der Waals surface area contributed by atoms with Gasteiger partial charge in [-0.2, -0.15) is 5.26 Å². The Kier molecular flexibility index (Phi) is 6.15. The molecule has 6 nitrogen and oxygen atoms in total. The largest absolute Gasteiger partial charge is 0.492 e. The number of nitriles is 1. The summed E-state index contributed by atoms with van der Waals surface area (Å²) in [5.74, 6) is 0.311. The topological polar surface area (TPSA) is 79.9 Å². The molecule has 0 spiro atoms. The molecule has 1 amide bonds. The molecule has 3 aromatic rings. The van der Waals surface area contributed by atoms with Gasteiger partial charge in [0.2, 0.25) is 0 Å². The third-order valence-electron chi connectivity index (χ3n) is 4.38. The first-order valence-corrected chi connectivity index (χ1v) is 10.1. The van der Waals surface area contributed by atoms with E-state index in [4.69, 9.17) is 4.74 Å². The van der Waals surface area contributed by atoms with Crippen LogP contribution in [0.15, 0.2) is 41.3 Å². The number of aromatic nitrogens is 2. The van der Waals surface area contributed by atoms with E-state index in [0.29, 0.717) is 11.7 Å². The summed E-state index contributed by atoms with van der Waals surface area (Å²) >= 11 is 1.33. The molecular formula is C22H22N4O2S. The number of hydrogen-bond donors (Lipinski definition) is 1. The van der Waals surface area contributed by atoms with Crippen LogP contribution in [0.4, 0.5) is 5.13 Å². The number of carbonyl (C=O) groups is 1. The zero-order valence-corrected chi connectivity index (χ0v) is 17.6. The Morgan fingerprint density at radius 1 is 1.34 bits per heavy atom. The fourth-order valence-corrected chi connectivity index (χ4v) is 3.79. The monoisotopic (exact) mass is 406 g/mol. The van der Waals surface area contributed by atoms with Gasteiger partial charge in [-0.05, 0) is 57.5 Å². The average molecular weight is 407 g/mol. The van der Waals surface area contributed by atoms with Crippen LogP contribution < -0.4 is 10.1 Å². The van der Waals surface area contributed by atoms with Crippen LogP contribution in [0.3, 0.4) is 0 Å². The Bertz CT molecular complexity index is 1120. The fourth-order valence-electron chi connectivity index (χ4n) is 3.10. The van der Waals surface area contributed by atoms with Crippen molar-refractivity contribution in [2.24, 2.45) is 0 Å². The Morgan fingerprint density at radius 2 is 2.10 bits per heavy atom. The van der Waals surface area contributed by atoms with Gasteiger partial charge in [0.25, 0.3) is 5.91 Å². The number of aryl methyl sites for hydroxylation is 2. The highest BCUT2D eigenvalue weighted by atomic mass is 32.1. The maximum atomic E-state index is 12.5. The second-order valence-electron chi connectivity index (χ2n) is 6.48. The number of anilines is 1. The minimum Gasteiger partial charge on any atom is -0.492 e. The van der Waals surface area contributed by atoms with Gasteiger partial charge in [0.15, 0.2) is 5.13 Å². The van der Waals surface area contributed by atoms with Crippen LogP contribution in [-0.2, 0) is 4.79 Å². The van der Waals surface area contributed by atoms with Crippen molar-refractivity contribution in [2.45, 2.75) is 27.7 Å². The van der Waals surface area contributed by atoms with Crippen LogP contribution in [0.1, 0.15) is 29.6 Å². The number of ether oxygens (including phenoxy) is 1. The molecule has 2 aromatic heterocycles. The fraction of sp³-hybridized carbons (Fsp3) is 0.227. The summed E-state index contributed by atoms with van der Waals surface area (Å²) in [7, 11) is 0. The SMILES string of the molecule is CCOc1ccccc1-n1c(C)cc(/C=C(/C#N)C(=O)Nc2nc(C)cs2)c1C. The van der Waals surface area contributed by atoms with Crippen molar-refractivity contribution in [2.75, 3.05) is 11.9 Å². The summed E-state index contributed by atoms with van der Waals surface area (Å²) in [6, 6.07) is 11.8. The van der Waals surface area contributed by atoms with Crippen LogP contribution in [-0.4, -0.2) is 22.1 Å². The van der Waals surface area contributed by atoms with Gasteiger partial charge in [-0.3, -0.25) is 10.1 Å². The zero-order chi connectivity index (χ0) is 21.0. The number of para-hydroxylation sites is 2. The van der Waals surface area contributed by atoms with Crippen molar-refractivity contribution in [1.82, 2.24) is 9.55 Å². The molecule has 0 unspecified atom stereocenters. The first kappa shape index (κ1) is 20.4. The molecule has 0 aliphatic rings. The van der Waals surface area contributed by atoms with E-state index in [0.717, 1.165) is 34.1 Å². The predicted octanol–water partition coefficient (Wildman–Crippen LogP) is 4.80. The van der Waals surface area contributed by atoms with Gasteiger partial charge < -0.3 is 9.30 Å². The van der Waals surface area contributed by atoms with Crippen LogP contribution in [0.2, 0.25) is 0 Å². The van der Waals surface area contributed by atoms with E-state index in [1.54, 1.807) is 6.08 Å². The van der Waals surface area contributed by atoms with E-state index in [2.05, 4.69) is 14.9 Å². The molecule has 1 aromatic carbocycles. The second-order valence-corrected chi connectivity index (χ2v) is 7.34. The first-order valence-electron chi connectivity index (χ1n) is 9.21. The van der Waals surface area contributed by atoms with E-state index in [9.17, 15) is 10.1 Å². The molecule has 0 saturated carbocycles. The highest BCUT2D eigenvalue weighted by Crippen LogP contribution is 2.29. The Hall–Kier alpha value is -3.37. The maximum Gasteiger partial charge on any atom is 0.268 e. The van der Waals surface area contributed by atoms with Gasteiger partial charge in [-0.15, -0.1) is 11.3 Å². The van der Waals surface area contributed by atoms with Crippen LogP contribution >= 0.6 is 11.3 Å². The van der Waals surface area contributed by atoms with Crippen molar-refractivity contribution >= 4 is 28.5 Å². The van der Waals surface area contributed by atoms with Crippen molar-refractivity contribution in [3.63, 3.8) is 0 Å². The molecule has 0 radical (unpaired) electrons. The third-order valence-corrected chi connectivity index (χ3v) is 5.26. The van der Waals surface area contributed by atoms with Crippen molar-refractivity contribution in [1.29, 1.82) is 5.26 Å². The van der Waals surface area contributed by atoms with Gasteiger partial charge in [0, 0.05) is 16.8 Å². The van der Waals surface area contributed by atoms with E-state index < -0.39 is 5.91 Å². The van der Waals surface area contributed by atoms with Gasteiger partial charge in [-0.25, -0.2) is 4.98 Å². The lowest BCUT2D eigenvalue weighted by Gasteiger charge is -2.14. The number of carbonyl (C=O) groups excluding carboxylic acids is 1. The number of nitrogens with zero attached hydrogens (tertiary/aromatic N) is 3. The Morgan fingerprint density at radius 3 is 2.76 bits per heavy atom. The average Bonchev–Trinajstić information content (AvgIpc) is 3.22. The van der Waals surface area contributed by atoms with E-state index >= 15 is 0 Å². The molecule has 0 fully saturated rings. The minimum atomic E-state index is -0.471. The normalized spacial score (nSPS) is 11.2. The third kappa shape index (κ3) is 4.39. The van der Waals surface area contributed by atoms with Crippen LogP contribution in [0, 0.1) is 32.1 Å². The lowest BCUT2D eigenvalue weighted by molar-refractivity contribution is -0.112. The van der Waals surface area contributed by atoms with Gasteiger partial charge in [0.1, 0.15) is 17.4 Å². The second kappa shape index (κ2) is 8.76. The molecule has 148 valence electrons. The summed E-state index contributed by atoms with van der Waals surface area (Å²) in [5, 5.41) is 14.5. The number of benzene rings is 1. The number of rotatable bonds is 6. The van der Waals surface area contributed by atoms with Gasteiger partial charge >= 0.3 is 0 Å². The molecule has 1 N–H and O–H groups in total. The molecule has 0 bridgehead atoms. The smallest absolute Gasteiger partial charge is 0.268 e. The van der Waals surface area contributed by atoms with Gasteiger partial charge in [-0.1, -0.05) is 12.1 Å². The summed E-state index contributed by atoms with van der Waals surface area (Å²) in [6.07, 6.45) is 1.61. The van der Waals surface area contributed by atoms with Crippen LogP contribution in [0.5, 0.6) is 5.75 Å². The Labute approximate surface area is 174 Å².